The first kappa shape index (κ1) is 21.5. The number of aromatic carboxylic acids is 2. The number of anilines is 1. The van der Waals surface area contributed by atoms with Gasteiger partial charge in [-0.05, 0) is 36.8 Å². The molecule has 0 unspecified atom stereocenters. The van der Waals surface area contributed by atoms with Crippen LogP contribution in [0.25, 0.3) is 6.08 Å². The summed E-state index contributed by atoms with van der Waals surface area (Å²) < 4.78 is 5.89. The number of nitrogens with zero attached hydrogens (tertiary/aromatic N) is 1. The maximum absolute atomic E-state index is 13.0. The Bertz CT molecular complexity index is 1050. The highest BCUT2D eigenvalue weighted by atomic mass is 32.2. The summed E-state index contributed by atoms with van der Waals surface area (Å²) in [7, 11) is 0. The van der Waals surface area contributed by atoms with Crippen molar-refractivity contribution in [3.63, 3.8) is 0 Å². The van der Waals surface area contributed by atoms with Gasteiger partial charge in [0.25, 0.3) is 5.91 Å². The van der Waals surface area contributed by atoms with Gasteiger partial charge in [0.2, 0.25) is 0 Å². The molecular formula is C21H17NO6S2. The van der Waals surface area contributed by atoms with E-state index >= 15 is 0 Å². The molecule has 1 amide bonds. The summed E-state index contributed by atoms with van der Waals surface area (Å²) in [6.45, 7) is 2.52. The molecule has 0 aliphatic carbocycles. The van der Waals surface area contributed by atoms with Crippen molar-refractivity contribution in [3.8, 4) is 5.75 Å². The Balaban J connectivity index is 1.99. The number of hydrogen-bond donors (Lipinski definition) is 2. The Kier molecular flexibility index (Phi) is 6.53. The number of carboxylic acid groups (broad SMARTS) is 2. The summed E-state index contributed by atoms with van der Waals surface area (Å²) in [6, 6.07) is 10.7. The molecule has 7 nitrogen and oxygen atoms in total. The van der Waals surface area contributed by atoms with Gasteiger partial charge in [0, 0.05) is 5.56 Å². The quantitative estimate of drug-likeness (QED) is 0.483. The van der Waals surface area contributed by atoms with E-state index in [2.05, 4.69) is 0 Å². The van der Waals surface area contributed by atoms with E-state index in [1.807, 2.05) is 25.1 Å². The van der Waals surface area contributed by atoms with Crippen molar-refractivity contribution in [1.29, 1.82) is 0 Å². The predicted octanol–water partition coefficient (Wildman–Crippen LogP) is 4.28. The number of carbonyl (C=O) groups excluding carboxylic acids is 1. The van der Waals surface area contributed by atoms with Crippen LogP contribution in [-0.4, -0.2) is 39.0 Å². The molecule has 2 aromatic rings. The molecule has 0 saturated carbocycles. The third kappa shape index (κ3) is 4.52. The number of ether oxygens (including phenoxy) is 1. The molecule has 0 aromatic heterocycles. The first-order chi connectivity index (χ1) is 14.3. The van der Waals surface area contributed by atoms with Crippen molar-refractivity contribution in [2.75, 3.05) is 11.5 Å². The number of amides is 1. The maximum atomic E-state index is 13.0. The number of carboxylic acids is 2. The zero-order chi connectivity index (χ0) is 21.8. The summed E-state index contributed by atoms with van der Waals surface area (Å²) >= 11 is 6.37. The molecule has 1 saturated heterocycles. The standard InChI is InChI=1S/C21H17NO6S2/c1-2-7-28-16-6-4-3-5-12(16)11-17-18(23)22(21(29)30-17)15-9-13(19(24)25)8-14(10-15)20(26)27/h3-6,8-11H,2,7H2,1H3,(H,24,25)(H,26,27)/b17-11-. The topological polar surface area (TPSA) is 104 Å². The number of thioether (sulfide) groups is 1. The van der Waals surface area contributed by atoms with Gasteiger partial charge in [0.05, 0.1) is 28.3 Å². The summed E-state index contributed by atoms with van der Waals surface area (Å²) in [6.07, 6.45) is 2.49. The second-order valence-corrected chi connectivity index (χ2v) is 7.96. The fraction of sp³-hybridized carbons (Fsp3) is 0.143. The molecular weight excluding hydrogens is 426 g/mol. The Morgan fingerprint density at radius 3 is 2.37 bits per heavy atom. The number of benzene rings is 2. The number of carbonyl (C=O) groups is 3. The van der Waals surface area contributed by atoms with Crippen LogP contribution in [0.15, 0.2) is 47.4 Å². The normalized spacial score (nSPS) is 15.0. The minimum Gasteiger partial charge on any atom is -0.493 e. The van der Waals surface area contributed by atoms with Gasteiger partial charge < -0.3 is 14.9 Å². The molecule has 0 atom stereocenters. The van der Waals surface area contributed by atoms with E-state index < -0.39 is 17.8 Å². The largest absolute Gasteiger partial charge is 0.493 e. The average Bonchev–Trinajstić information content (AvgIpc) is 2.99. The van der Waals surface area contributed by atoms with E-state index in [0.717, 1.165) is 29.1 Å². The zero-order valence-electron chi connectivity index (χ0n) is 15.8. The molecule has 30 heavy (non-hydrogen) atoms. The monoisotopic (exact) mass is 443 g/mol. The van der Waals surface area contributed by atoms with E-state index in [1.54, 1.807) is 12.1 Å². The molecule has 3 rings (SSSR count). The molecule has 0 spiro atoms. The van der Waals surface area contributed by atoms with Crippen molar-refractivity contribution in [2.24, 2.45) is 0 Å². The van der Waals surface area contributed by atoms with Crippen molar-refractivity contribution < 1.29 is 29.3 Å². The molecule has 2 N–H and O–H groups in total. The maximum Gasteiger partial charge on any atom is 0.335 e. The zero-order valence-corrected chi connectivity index (χ0v) is 17.5. The SMILES string of the molecule is CCCOc1ccccc1/C=C1\SC(=S)N(c2cc(C(=O)O)cc(C(=O)O)c2)C1=O. The van der Waals surface area contributed by atoms with Crippen LogP contribution >= 0.6 is 24.0 Å². The number of hydrogen-bond acceptors (Lipinski definition) is 6. The summed E-state index contributed by atoms with van der Waals surface area (Å²) in [4.78, 5) is 37.2. The smallest absolute Gasteiger partial charge is 0.335 e. The lowest BCUT2D eigenvalue weighted by molar-refractivity contribution is -0.113. The fourth-order valence-corrected chi connectivity index (χ4v) is 4.05. The number of para-hydroxylation sites is 1. The van der Waals surface area contributed by atoms with E-state index in [4.69, 9.17) is 17.0 Å². The highest BCUT2D eigenvalue weighted by Gasteiger charge is 2.34. The Hall–Kier alpha value is -3.17. The van der Waals surface area contributed by atoms with Crippen LogP contribution in [0.2, 0.25) is 0 Å². The van der Waals surface area contributed by atoms with Gasteiger partial charge >= 0.3 is 11.9 Å². The van der Waals surface area contributed by atoms with Gasteiger partial charge in [-0.25, -0.2) is 9.59 Å². The van der Waals surface area contributed by atoms with Crippen LogP contribution in [0.3, 0.4) is 0 Å². The molecule has 154 valence electrons. The highest BCUT2D eigenvalue weighted by Crippen LogP contribution is 2.37. The van der Waals surface area contributed by atoms with Crippen molar-refractivity contribution in [2.45, 2.75) is 13.3 Å². The molecule has 0 bridgehead atoms. The molecule has 0 radical (unpaired) electrons. The summed E-state index contributed by atoms with van der Waals surface area (Å²) in [5.74, 6) is -2.44. The molecule has 2 aromatic carbocycles. The van der Waals surface area contributed by atoms with Crippen LogP contribution < -0.4 is 9.64 Å². The molecule has 1 aliphatic heterocycles. The second-order valence-electron chi connectivity index (χ2n) is 6.28. The molecule has 9 heteroatoms. The minimum atomic E-state index is -1.30. The lowest BCUT2D eigenvalue weighted by atomic mass is 10.1. The van der Waals surface area contributed by atoms with Gasteiger partial charge in [-0.3, -0.25) is 9.69 Å². The van der Waals surface area contributed by atoms with E-state index in [1.165, 1.54) is 12.1 Å². The van der Waals surface area contributed by atoms with Crippen LogP contribution in [0.4, 0.5) is 5.69 Å². The number of rotatable bonds is 7. The summed E-state index contributed by atoms with van der Waals surface area (Å²) in [5, 5.41) is 18.6. The lowest BCUT2D eigenvalue weighted by Gasteiger charge is -2.16. The second kappa shape index (κ2) is 9.10. The third-order valence-electron chi connectivity index (χ3n) is 4.13. The van der Waals surface area contributed by atoms with Crippen molar-refractivity contribution in [3.05, 3.63) is 64.1 Å². The third-order valence-corrected chi connectivity index (χ3v) is 5.43. The summed E-state index contributed by atoms with van der Waals surface area (Å²) in [5.41, 5.74) is 0.299. The van der Waals surface area contributed by atoms with Crippen molar-refractivity contribution in [1.82, 2.24) is 0 Å². The van der Waals surface area contributed by atoms with Gasteiger partial charge in [-0.1, -0.05) is 49.1 Å². The first-order valence-corrected chi connectivity index (χ1v) is 10.2. The van der Waals surface area contributed by atoms with Gasteiger partial charge in [-0.15, -0.1) is 0 Å². The predicted molar refractivity (Wildman–Crippen MR) is 118 cm³/mol. The molecule has 1 fully saturated rings. The molecule has 1 aliphatic rings. The first-order valence-electron chi connectivity index (χ1n) is 8.93. The van der Waals surface area contributed by atoms with Crippen LogP contribution in [0.1, 0.15) is 39.6 Å². The average molecular weight is 444 g/mol. The minimum absolute atomic E-state index is 0.0914. The van der Waals surface area contributed by atoms with Crippen molar-refractivity contribution >= 4 is 57.9 Å². The Morgan fingerprint density at radius 1 is 1.13 bits per heavy atom. The fourth-order valence-electron chi connectivity index (χ4n) is 2.76. The van der Waals surface area contributed by atoms with Gasteiger partial charge in [0.15, 0.2) is 4.32 Å². The van der Waals surface area contributed by atoms with E-state index in [-0.39, 0.29) is 21.1 Å². The van der Waals surface area contributed by atoms with Crippen LogP contribution in [-0.2, 0) is 4.79 Å². The van der Waals surface area contributed by atoms with Crippen LogP contribution in [0, 0.1) is 0 Å². The molecule has 1 heterocycles. The van der Waals surface area contributed by atoms with Gasteiger partial charge in [0.1, 0.15) is 5.75 Å². The highest BCUT2D eigenvalue weighted by molar-refractivity contribution is 8.27. The Labute approximate surface area is 182 Å². The lowest BCUT2D eigenvalue weighted by Crippen LogP contribution is -2.28. The van der Waals surface area contributed by atoms with Crippen LogP contribution in [0.5, 0.6) is 5.75 Å². The van der Waals surface area contributed by atoms with E-state index in [0.29, 0.717) is 22.8 Å². The van der Waals surface area contributed by atoms with Gasteiger partial charge in [-0.2, -0.15) is 0 Å². The van der Waals surface area contributed by atoms with E-state index in [9.17, 15) is 24.6 Å². The number of thiocarbonyl (C=S) groups is 1. The Morgan fingerprint density at radius 2 is 1.77 bits per heavy atom.